The number of carbonyl (C=O) groups is 1. The maximum Gasteiger partial charge on any atom is 0.356 e. The predicted molar refractivity (Wildman–Crippen MR) is 142 cm³/mol. The summed E-state index contributed by atoms with van der Waals surface area (Å²) >= 11 is 0.259. The second kappa shape index (κ2) is 11.6. The van der Waals surface area contributed by atoms with E-state index in [-0.39, 0.29) is 33.4 Å². The minimum atomic E-state index is -5.14. The number of azo groups is 1. The molecule has 23 heteroatoms. The number of carboxylic acids is 1. The zero-order chi connectivity index (χ0) is 31.9. The number of aromatic carboxylic acids is 1. The van der Waals surface area contributed by atoms with E-state index in [2.05, 4.69) is 24.7 Å². The highest BCUT2D eigenvalue weighted by Gasteiger charge is 2.25. The van der Waals surface area contributed by atoms with Gasteiger partial charge in [0, 0.05) is 10.3 Å². The van der Waals surface area contributed by atoms with Crippen molar-refractivity contribution in [3.63, 3.8) is 0 Å². The van der Waals surface area contributed by atoms with Crippen molar-refractivity contribution in [2.45, 2.75) is 19.6 Å². The highest BCUT2D eigenvalue weighted by Crippen LogP contribution is 2.37. The smallest absolute Gasteiger partial charge is 0.356 e. The molecule has 4 aromatic rings. The van der Waals surface area contributed by atoms with E-state index in [1.165, 1.54) is 0 Å². The standard InChI is InChI=1S/C20H14N4O15S4/c25-19-17(18(20(26)27)23-24(19)10-1-3-12(4-2-10)41(29,30)31)22-21-14-8-13-9(6-16(14)43(35,36)37)5-11(40-39-38-28)7-15(13)42(32,33)34/h1-8,23,28H,(H,26,27)(H,29,30,31)(H,32,33,34)(H,35,36,37). The van der Waals surface area contributed by atoms with E-state index in [0.717, 1.165) is 48.5 Å². The van der Waals surface area contributed by atoms with Crippen LogP contribution in [0.2, 0.25) is 0 Å². The fourth-order valence-electron chi connectivity index (χ4n) is 3.64. The van der Waals surface area contributed by atoms with E-state index in [0.29, 0.717) is 4.68 Å². The Hall–Kier alpha value is -4.04. The molecule has 0 aliphatic rings. The average Bonchev–Trinajstić information content (AvgIpc) is 3.24. The number of hydrogen-bond donors (Lipinski definition) is 6. The van der Waals surface area contributed by atoms with Crippen molar-refractivity contribution < 1.29 is 63.4 Å². The van der Waals surface area contributed by atoms with Crippen LogP contribution in [-0.4, -0.2) is 65.0 Å². The largest absolute Gasteiger partial charge is 0.476 e. The molecule has 0 amide bonds. The van der Waals surface area contributed by atoms with Gasteiger partial charge in [0.05, 0.1) is 22.6 Å². The molecule has 0 unspecified atom stereocenters. The molecule has 1 heterocycles. The van der Waals surface area contributed by atoms with Crippen LogP contribution in [0, 0.1) is 0 Å². The molecule has 0 aliphatic heterocycles. The van der Waals surface area contributed by atoms with Crippen LogP contribution in [0.3, 0.4) is 0 Å². The van der Waals surface area contributed by atoms with Gasteiger partial charge in [-0.05, 0) is 53.9 Å². The van der Waals surface area contributed by atoms with Gasteiger partial charge in [-0.1, -0.05) is 5.04 Å². The van der Waals surface area contributed by atoms with E-state index in [1.54, 1.807) is 0 Å². The molecule has 0 radical (unpaired) electrons. The number of aromatic nitrogens is 2. The maximum atomic E-state index is 13.0. The Labute approximate surface area is 243 Å². The van der Waals surface area contributed by atoms with E-state index < -0.39 is 73.6 Å². The average molecular weight is 679 g/mol. The summed E-state index contributed by atoms with van der Waals surface area (Å²) in [7, 11) is -14.8. The van der Waals surface area contributed by atoms with Crippen molar-refractivity contribution in [1.82, 2.24) is 9.78 Å². The topological polar surface area (TPSA) is 302 Å². The monoisotopic (exact) mass is 678 g/mol. The summed E-state index contributed by atoms with van der Waals surface area (Å²) in [5.41, 5.74) is -3.87. The quantitative estimate of drug-likeness (QED) is 0.0461. The third kappa shape index (κ3) is 6.80. The number of carboxylic acid groups (broad SMARTS) is 1. The van der Waals surface area contributed by atoms with Crippen molar-refractivity contribution >= 4 is 70.5 Å². The van der Waals surface area contributed by atoms with Gasteiger partial charge in [0.2, 0.25) is 0 Å². The maximum absolute atomic E-state index is 13.0. The van der Waals surface area contributed by atoms with Crippen LogP contribution in [0.4, 0.5) is 11.4 Å². The number of rotatable bonds is 10. The Morgan fingerprint density at radius 1 is 0.860 bits per heavy atom. The Morgan fingerprint density at radius 3 is 2.02 bits per heavy atom. The number of nitrogens with one attached hydrogen (secondary N) is 1. The highest BCUT2D eigenvalue weighted by atomic mass is 32.2. The van der Waals surface area contributed by atoms with Gasteiger partial charge in [0.1, 0.15) is 15.5 Å². The molecular formula is C20H14N4O15S4. The number of fused-ring (bicyclic) bond motifs is 1. The van der Waals surface area contributed by atoms with Gasteiger partial charge in [0.25, 0.3) is 35.9 Å². The Bertz CT molecular complexity index is 2190. The fraction of sp³-hybridized carbons (Fsp3) is 0. The molecule has 3 aromatic carbocycles. The SMILES string of the molecule is O=C(O)c1[nH]n(-c2ccc(S(=O)(=O)O)cc2)c(=O)c1N=Nc1cc2c(S(=O)(=O)O)cc(SOOO)cc2cc1S(=O)(=O)O. The van der Waals surface area contributed by atoms with E-state index in [4.69, 9.17) is 9.81 Å². The zero-order valence-corrected chi connectivity index (χ0v) is 23.7. The lowest BCUT2D eigenvalue weighted by molar-refractivity contribution is -0.432. The summed E-state index contributed by atoms with van der Waals surface area (Å²) in [5.74, 6) is -1.74. The number of H-pyrrole nitrogens is 1. The number of benzene rings is 3. The molecule has 1 aromatic heterocycles. The normalized spacial score (nSPS) is 12.7. The van der Waals surface area contributed by atoms with Gasteiger partial charge < -0.3 is 5.11 Å². The minimum Gasteiger partial charge on any atom is -0.476 e. The number of aromatic amines is 1. The van der Waals surface area contributed by atoms with E-state index in [9.17, 15) is 49.1 Å². The molecule has 4 rings (SSSR count). The summed E-state index contributed by atoms with van der Waals surface area (Å²) in [4.78, 5) is 22.4. The van der Waals surface area contributed by atoms with Crippen LogP contribution in [0.5, 0.6) is 0 Å². The van der Waals surface area contributed by atoms with E-state index in [1.807, 2.05) is 0 Å². The number of nitrogens with zero attached hydrogens (tertiary/aromatic N) is 3. The van der Waals surface area contributed by atoms with E-state index >= 15 is 0 Å². The molecule has 43 heavy (non-hydrogen) atoms. The molecule has 228 valence electrons. The van der Waals surface area contributed by atoms with Gasteiger partial charge in [-0.2, -0.15) is 25.3 Å². The molecule has 0 saturated carbocycles. The second-order valence-electron chi connectivity index (χ2n) is 8.09. The van der Waals surface area contributed by atoms with Crippen molar-refractivity contribution in [3.05, 3.63) is 64.6 Å². The fourth-order valence-corrected chi connectivity index (χ4v) is 6.02. The van der Waals surface area contributed by atoms with Crippen molar-refractivity contribution in [3.8, 4) is 5.69 Å². The first-order valence-electron chi connectivity index (χ1n) is 10.7. The third-order valence-corrected chi connectivity index (χ3v) is 8.62. The first-order chi connectivity index (χ1) is 19.9. The molecule has 0 bridgehead atoms. The molecule has 0 spiro atoms. The van der Waals surface area contributed by atoms with Crippen LogP contribution in [0.1, 0.15) is 10.5 Å². The van der Waals surface area contributed by atoms with Crippen LogP contribution < -0.4 is 5.56 Å². The van der Waals surface area contributed by atoms with Gasteiger partial charge in [-0.25, -0.2) is 14.7 Å². The molecule has 0 saturated heterocycles. The van der Waals surface area contributed by atoms with Gasteiger partial charge in [-0.3, -0.25) is 23.6 Å². The Kier molecular flexibility index (Phi) is 8.58. The zero-order valence-electron chi connectivity index (χ0n) is 20.4. The minimum absolute atomic E-state index is 0.118. The summed E-state index contributed by atoms with van der Waals surface area (Å²) in [6.45, 7) is 0. The van der Waals surface area contributed by atoms with Crippen LogP contribution in [-0.2, 0) is 39.7 Å². The summed E-state index contributed by atoms with van der Waals surface area (Å²) in [6, 6.07) is 7.33. The highest BCUT2D eigenvalue weighted by molar-refractivity contribution is 7.94. The van der Waals surface area contributed by atoms with Crippen LogP contribution >= 0.6 is 12.0 Å². The first-order valence-corrected chi connectivity index (χ1v) is 15.8. The molecule has 0 atom stereocenters. The lowest BCUT2D eigenvalue weighted by Crippen LogP contribution is -2.14. The van der Waals surface area contributed by atoms with Crippen molar-refractivity contribution in [2.75, 3.05) is 0 Å². The third-order valence-electron chi connectivity index (χ3n) is 5.41. The predicted octanol–water partition coefficient (Wildman–Crippen LogP) is 2.60. The molecule has 19 nitrogen and oxygen atoms in total. The van der Waals surface area contributed by atoms with Crippen molar-refractivity contribution in [1.29, 1.82) is 0 Å². The van der Waals surface area contributed by atoms with Crippen LogP contribution in [0.25, 0.3) is 16.5 Å². The van der Waals surface area contributed by atoms with Gasteiger partial charge in [-0.15, -0.1) is 14.6 Å². The Morgan fingerprint density at radius 2 is 1.49 bits per heavy atom. The van der Waals surface area contributed by atoms with Gasteiger partial charge >= 0.3 is 5.97 Å². The van der Waals surface area contributed by atoms with Crippen LogP contribution in [0.15, 0.2) is 83.1 Å². The summed E-state index contributed by atoms with van der Waals surface area (Å²) in [5, 5.41) is 30.0. The second-order valence-corrected chi connectivity index (χ2v) is 13.1. The summed E-state index contributed by atoms with van der Waals surface area (Å²) in [6.07, 6.45) is 0. The molecule has 0 fully saturated rings. The molecular weight excluding hydrogens is 665 g/mol. The first kappa shape index (κ1) is 31.9. The lowest BCUT2D eigenvalue weighted by atomic mass is 10.1. The lowest BCUT2D eigenvalue weighted by Gasteiger charge is -2.10. The molecule has 0 aliphatic carbocycles. The van der Waals surface area contributed by atoms with Crippen molar-refractivity contribution in [2.24, 2.45) is 10.2 Å². The number of hydrogen-bond acceptors (Lipinski definition) is 14. The summed E-state index contributed by atoms with van der Waals surface area (Å²) < 4.78 is 104. The Balaban J connectivity index is 1.93. The van der Waals surface area contributed by atoms with Gasteiger partial charge in [0.15, 0.2) is 11.4 Å². The molecule has 6 N–H and O–H groups in total.